The predicted molar refractivity (Wildman–Crippen MR) is 103 cm³/mol. The summed E-state index contributed by atoms with van der Waals surface area (Å²) in [5.41, 5.74) is 4.12. The molecule has 0 aliphatic carbocycles. The van der Waals surface area contributed by atoms with Gasteiger partial charge in [-0.05, 0) is 43.2 Å². The molecule has 1 aliphatic heterocycles. The number of fused-ring (bicyclic) bond motifs is 1. The summed E-state index contributed by atoms with van der Waals surface area (Å²) in [7, 11) is 1.82. The normalized spacial score (nSPS) is 15.2. The van der Waals surface area contributed by atoms with Gasteiger partial charge in [-0.2, -0.15) is 0 Å². The Labute approximate surface area is 156 Å². The van der Waals surface area contributed by atoms with E-state index in [1.165, 1.54) is 12.3 Å². The molecule has 0 saturated carbocycles. The maximum Gasteiger partial charge on any atom is 0.160 e. The number of hydrogen-bond donors (Lipinski definition) is 2. The fraction of sp³-hybridized carbons (Fsp3) is 0.286. The largest absolute Gasteiger partial charge is 0.388 e. The van der Waals surface area contributed by atoms with E-state index in [2.05, 4.69) is 11.4 Å². The number of nitrogens with one attached hydrogen (secondary N) is 2. The van der Waals surface area contributed by atoms with Crippen LogP contribution >= 0.6 is 0 Å². The van der Waals surface area contributed by atoms with E-state index in [0.717, 1.165) is 46.8 Å². The van der Waals surface area contributed by atoms with Gasteiger partial charge in [-0.3, -0.25) is 0 Å². The average Bonchev–Trinajstić information content (AvgIpc) is 3.08. The molecule has 4 rings (SSSR count). The summed E-state index contributed by atoms with van der Waals surface area (Å²) >= 11 is 0. The van der Waals surface area contributed by atoms with Crippen molar-refractivity contribution in [2.45, 2.75) is 18.8 Å². The highest BCUT2D eigenvalue weighted by Gasteiger charge is 2.23. The number of hydrogen-bond acceptors (Lipinski definition) is 3. The third-order valence-electron chi connectivity index (χ3n) is 5.23. The van der Waals surface area contributed by atoms with Crippen LogP contribution in [0.15, 0.2) is 36.4 Å². The number of nitrogens with zero attached hydrogens (tertiary/aromatic N) is 1. The molecule has 2 heterocycles. The number of benzene rings is 2. The van der Waals surface area contributed by atoms with Crippen LogP contribution in [0, 0.1) is 17.0 Å². The summed E-state index contributed by atoms with van der Waals surface area (Å²) in [6.07, 6.45) is 3.06. The van der Waals surface area contributed by atoms with E-state index in [-0.39, 0.29) is 5.92 Å². The first kappa shape index (κ1) is 17.7. The Morgan fingerprint density at radius 1 is 1.11 bits per heavy atom. The molecule has 2 aromatic carbocycles. The van der Waals surface area contributed by atoms with Gasteiger partial charge < -0.3 is 20.0 Å². The Hall–Kier alpha value is -2.73. The van der Waals surface area contributed by atoms with E-state index in [0.29, 0.717) is 18.9 Å². The molecule has 27 heavy (non-hydrogen) atoms. The zero-order valence-corrected chi connectivity index (χ0v) is 15.1. The fourth-order valence-electron chi connectivity index (χ4n) is 3.84. The first-order valence-corrected chi connectivity index (χ1v) is 9.03. The van der Waals surface area contributed by atoms with Crippen LogP contribution in [0.5, 0.6) is 0 Å². The average molecular weight is 369 g/mol. The molecule has 1 fully saturated rings. The van der Waals surface area contributed by atoms with Crippen molar-refractivity contribution < 1.29 is 13.5 Å². The molecule has 0 bridgehead atoms. The lowest BCUT2D eigenvalue weighted by atomic mass is 9.96. The van der Waals surface area contributed by atoms with E-state index in [9.17, 15) is 8.78 Å². The van der Waals surface area contributed by atoms with Crippen LogP contribution in [0.4, 0.5) is 14.5 Å². The maximum atomic E-state index is 14.0. The van der Waals surface area contributed by atoms with Crippen LogP contribution in [-0.2, 0) is 4.74 Å². The highest BCUT2D eigenvalue weighted by Crippen LogP contribution is 2.36. The number of aromatic nitrogens is 1. The molecule has 0 spiro atoms. The lowest BCUT2D eigenvalue weighted by Gasteiger charge is -2.24. The van der Waals surface area contributed by atoms with Gasteiger partial charge in [0, 0.05) is 66.5 Å². The van der Waals surface area contributed by atoms with E-state index in [1.807, 2.05) is 23.7 Å². The zero-order chi connectivity index (χ0) is 19.0. The molecule has 1 aliphatic rings. The fourth-order valence-corrected chi connectivity index (χ4v) is 3.84. The van der Waals surface area contributed by atoms with Crippen molar-refractivity contribution in [3.8, 4) is 5.69 Å². The molecule has 3 aromatic rings. The second kappa shape index (κ2) is 7.12. The monoisotopic (exact) mass is 369 g/mol. The topological polar surface area (TPSA) is 50.0 Å². The van der Waals surface area contributed by atoms with E-state index < -0.39 is 11.6 Å². The van der Waals surface area contributed by atoms with E-state index in [4.69, 9.17) is 10.1 Å². The Morgan fingerprint density at radius 2 is 1.89 bits per heavy atom. The van der Waals surface area contributed by atoms with Crippen LogP contribution in [0.3, 0.4) is 0 Å². The SMILES string of the molecule is CNc1cc2cc(C3CCOCC3)n(-c3ccc(F)c(F)c3)c2cc1C=N. The maximum absolute atomic E-state index is 14.0. The highest BCUT2D eigenvalue weighted by atomic mass is 19.2. The van der Waals surface area contributed by atoms with E-state index >= 15 is 0 Å². The van der Waals surface area contributed by atoms with Crippen LogP contribution in [-0.4, -0.2) is 31.0 Å². The van der Waals surface area contributed by atoms with Gasteiger partial charge in [0.05, 0.1) is 5.52 Å². The molecule has 0 atom stereocenters. The van der Waals surface area contributed by atoms with Crippen molar-refractivity contribution in [2.75, 3.05) is 25.6 Å². The second-order valence-corrected chi connectivity index (χ2v) is 6.78. The Kier molecular flexibility index (Phi) is 4.66. The van der Waals surface area contributed by atoms with Crippen molar-refractivity contribution >= 4 is 22.8 Å². The molecular formula is C21H21F2N3O. The minimum Gasteiger partial charge on any atom is -0.388 e. The van der Waals surface area contributed by atoms with Crippen LogP contribution in [0.25, 0.3) is 16.6 Å². The third-order valence-corrected chi connectivity index (χ3v) is 5.23. The lowest BCUT2D eigenvalue weighted by Crippen LogP contribution is -2.16. The Bertz CT molecular complexity index is 1010. The molecule has 6 heteroatoms. The summed E-state index contributed by atoms with van der Waals surface area (Å²) in [6, 6.07) is 10.0. The number of halogens is 2. The van der Waals surface area contributed by atoms with Gasteiger partial charge in [-0.1, -0.05) is 0 Å². The van der Waals surface area contributed by atoms with Crippen molar-refractivity contribution in [1.82, 2.24) is 4.57 Å². The summed E-state index contributed by atoms with van der Waals surface area (Å²) in [6.45, 7) is 1.38. The number of ether oxygens (including phenoxy) is 1. The van der Waals surface area contributed by atoms with Gasteiger partial charge in [0.25, 0.3) is 0 Å². The molecule has 0 amide bonds. The van der Waals surface area contributed by atoms with Crippen LogP contribution in [0.1, 0.15) is 30.0 Å². The summed E-state index contributed by atoms with van der Waals surface area (Å²) in [5.74, 6) is -1.45. The van der Waals surface area contributed by atoms with Gasteiger partial charge in [0.2, 0.25) is 0 Å². The molecule has 0 radical (unpaired) electrons. The van der Waals surface area contributed by atoms with Crippen molar-refractivity contribution in [3.63, 3.8) is 0 Å². The zero-order valence-electron chi connectivity index (χ0n) is 15.1. The summed E-state index contributed by atoms with van der Waals surface area (Å²) in [5, 5.41) is 11.8. The molecular weight excluding hydrogens is 348 g/mol. The molecule has 0 unspecified atom stereocenters. The Morgan fingerprint density at radius 3 is 2.56 bits per heavy atom. The minimum absolute atomic E-state index is 0.278. The molecule has 1 aromatic heterocycles. The van der Waals surface area contributed by atoms with Crippen molar-refractivity contribution in [1.29, 1.82) is 5.41 Å². The number of rotatable bonds is 4. The van der Waals surface area contributed by atoms with Crippen molar-refractivity contribution in [2.24, 2.45) is 0 Å². The van der Waals surface area contributed by atoms with E-state index in [1.54, 1.807) is 6.07 Å². The highest BCUT2D eigenvalue weighted by molar-refractivity contribution is 5.96. The first-order valence-electron chi connectivity index (χ1n) is 9.03. The quantitative estimate of drug-likeness (QED) is 0.647. The second-order valence-electron chi connectivity index (χ2n) is 6.78. The standard InChI is InChI=1S/C21H21F2N3O/c1-25-19-8-14-9-20(13-4-6-27-7-5-13)26(21(14)10-15(19)12-24)16-2-3-17(22)18(23)11-16/h2-3,8-13,24-25H,4-7H2,1H3. The minimum atomic E-state index is -0.869. The van der Waals surface area contributed by atoms with Crippen LogP contribution in [0.2, 0.25) is 0 Å². The van der Waals surface area contributed by atoms with Gasteiger partial charge in [0.15, 0.2) is 11.6 Å². The van der Waals surface area contributed by atoms with Gasteiger partial charge in [-0.15, -0.1) is 0 Å². The lowest BCUT2D eigenvalue weighted by molar-refractivity contribution is 0.0842. The smallest absolute Gasteiger partial charge is 0.160 e. The molecule has 1 saturated heterocycles. The molecule has 2 N–H and O–H groups in total. The summed E-state index contributed by atoms with van der Waals surface area (Å²) < 4.78 is 34.9. The first-order chi connectivity index (χ1) is 13.1. The predicted octanol–water partition coefficient (Wildman–Crippen LogP) is 4.84. The van der Waals surface area contributed by atoms with Crippen LogP contribution < -0.4 is 5.32 Å². The molecule has 140 valence electrons. The van der Waals surface area contributed by atoms with Gasteiger partial charge in [-0.25, -0.2) is 8.78 Å². The van der Waals surface area contributed by atoms with Crippen molar-refractivity contribution in [3.05, 3.63) is 59.3 Å². The third kappa shape index (κ3) is 3.10. The van der Waals surface area contributed by atoms with Gasteiger partial charge >= 0.3 is 0 Å². The summed E-state index contributed by atoms with van der Waals surface area (Å²) in [4.78, 5) is 0. The molecule has 4 nitrogen and oxygen atoms in total. The number of anilines is 1. The Balaban J connectivity index is 1.99. The van der Waals surface area contributed by atoms with Gasteiger partial charge in [0.1, 0.15) is 0 Å².